The van der Waals surface area contributed by atoms with Crippen molar-refractivity contribution in [2.45, 2.75) is 38.8 Å². The minimum absolute atomic E-state index is 0.298. The summed E-state index contributed by atoms with van der Waals surface area (Å²) in [6, 6.07) is 0. The summed E-state index contributed by atoms with van der Waals surface area (Å²) in [5.41, 5.74) is 0. The maximum Gasteiger partial charge on any atom is 0.147 e. The Balaban J connectivity index is 1.63. The number of rotatable bonds is 8. The summed E-state index contributed by atoms with van der Waals surface area (Å²) >= 11 is 1.88. The van der Waals surface area contributed by atoms with Crippen LogP contribution in [0, 0.1) is 0 Å². The van der Waals surface area contributed by atoms with Gasteiger partial charge in [0.25, 0.3) is 0 Å². The summed E-state index contributed by atoms with van der Waals surface area (Å²) in [5, 5.41) is 20.6. The minimum Gasteiger partial charge on any atom is -0.396 e. The van der Waals surface area contributed by atoms with Crippen molar-refractivity contribution in [2.75, 3.05) is 24.7 Å². The summed E-state index contributed by atoms with van der Waals surface area (Å²) in [7, 11) is 0. The van der Waals surface area contributed by atoms with Gasteiger partial charge in [0.05, 0.1) is 6.54 Å². The molecule has 0 aromatic carbocycles. The largest absolute Gasteiger partial charge is 0.396 e. The third-order valence-electron chi connectivity index (χ3n) is 3.09. The van der Waals surface area contributed by atoms with Gasteiger partial charge in [0, 0.05) is 31.9 Å². The first-order valence-electron chi connectivity index (χ1n) is 6.72. The summed E-state index contributed by atoms with van der Waals surface area (Å²) in [6.45, 7) is 3.17. The van der Waals surface area contributed by atoms with Gasteiger partial charge in [-0.05, 0) is 25.0 Å². The molecule has 0 fully saturated rings. The Bertz CT molecular complexity index is 356. The first-order chi connectivity index (χ1) is 8.92. The number of nitrogens with one attached hydrogen (secondary N) is 1. The van der Waals surface area contributed by atoms with Gasteiger partial charge in [-0.1, -0.05) is 0 Å². The molecule has 2 rings (SSSR count). The highest BCUT2D eigenvalue weighted by atomic mass is 32.2. The van der Waals surface area contributed by atoms with Crippen molar-refractivity contribution in [3.8, 4) is 0 Å². The number of hydrogen-bond donors (Lipinski definition) is 2. The molecule has 0 saturated carbocycles. The average molecular weight is 270 g/mol. The van der Waals surface area contributed by atoms with Crippen LogP contribution in [0.4, 0.5) is 0 Å². The second-order valence-corrected chi connectivity index (χ2v) is 5.73. The normalized spacial score (nSPS) is 14.7. The molecule has 1 aromatic heterocycles. The van der Waals surface area contributed by atoms with Crippen LogP contribution in [0.2, 0.25) is 0 Å². The molecule has 0 unspecified atom stereocenters. The Hall–Kier alpha value is -0.590. The second kappa shape index (κ2) is 7.76. The van der Waals surface area contributed by atoms with Crippen molar-refractivity contribution in [3.63, 3.8) is 0 Å². The SMILES string of the molecule is OCCCSCCNCc1nnc2n1CCCC2. The maximum atomic E-state index is 8.66. The number of aryl methyl sites for hydroxylation is 1. The molecule has 102 valence electrons. The molecule has 2 N–H and O–H groups in total. The zero-order chi connectivity index (χ0) is 12.6. The first-order valence-corrected chi connectivity index (χ1v) is 7.87. The summed E-state index contributed by atoms with van der Waals surface area (Å²) < 4.78 is 2.26. The lowest BCUT2D eigenvalue weighted by molar-refractivity contribution is 0.296. The van der Waals surface area contributed by atoms with E-state index < -0.39 is 0 Å². The Morgan fingerprint density at radius 1 is 1.28 bits per heavy atom. The molecule has 1 aliphatic rings. The Morgan fingerprint density at radius 2 is 2.22 bits per heavy atom. The Labute approximate surface area is 112 Å². The van der Waals surface area contributed by atoms with Gasteiger partial charge in [-0.25, -0.2) is 0 Å². The highest BCUT2D eigenvalue weighted by Crippen LogP contribution is 2.13. The molecule has 0 radical (unpaired) electrons. The summed E-state index contributed by atoms with van der Waals surface area (Å²) in [6.07, 6.45) is 4.45. The van der Waals surface area contributed by atoms with Gasteiger partial charge < -0.3 is 15.0 Å². The molecule has 0 spiro atoms. The van der Waals surface area contributed by atoms with Crippen LogP contribution < -0.4 is 5.32 Å². The molecular weight excluding hydrogens is 248 g/mol. The topological polar surface area (TPSA) is 63.0 Å². The van der Waals surface area contributed by atoms with Crippen LogP contribution in [0.3, 0.4) is 0 Å². The van der Waals surface area contributed by atoms with Crippen molar-refractivity contribution < 1.29 is 5.11 Å². The quantitative estimate of drug-likeness (QED) is 0.685. The van der Waals surface area contributed by atoms with Crippen molar-refractivity contribution in [2.24, 2.45) is 0 Å². The first kappa shape index (κ1) is 13.8. The average Bonchev–Trinajstić information content (AvgIpc) is 2.81. The second-order valence-electron chi connectivity index (χ2n) is 4.51. The number of aliphatic hydroxyl groups excluding tert-OH is 1. The maximum absolute atomic E-state index is 8.66. The third-order valence-corrected chi connectivity index (χ3v) is 4.16. The number of thioether (sulfide) groups is 1. The van der Waals surface area contributed by atoms with Crippen LogP contribution in [0.25, 0.3) is 0 Å². The number of hydrogen-bond acceptors (Lipinski definition) is 5. The van der Waals surface area contributed by atoms with E-state index in [9.17, 15) is 0 Å². The van der Waals surface area contributed by atoms with Crippen molar-refractivity contribution in [3.05, 3.63) is 11.6 Å². The van der Waals surface area contributed by atoms with Gasteiger partial charge in [0.15, 0.2) is 0 Å². The molecular formula is C12H22N4OS. The van der Waals surface area contributed by atoms with Crippen LogP contribution in [0.1, 0.15) is 30.9 Å². The number of aliphatic hydroxyl groups is 1. The van der Waals surface area contributed by atoms with Crippen LogP contribution in [-0.4, -0.2) is 44.5 Å². The van der Waals surface area contributed by atoms with E-state index in [2.05, 4.69) is 20.1 Å². The zero-order valence-corrected chi connectivity index (χ0v) is 11.6. The fourth-order valence-electron chi connectivity index (χ4n) is 2.11. The predicted molar refractivity (Wildman–Crippen MR) is 73.7 cm³/mol. The van der Waals surface area contributed by atoms with Crippen LogP contribution in [-0.2, 0) is 19.5 Å². The Kier molecular flexibility index (Phi) is 5.96. The van der Waals surface area contributed by atoms with Crippen molar-refractivity contribution in [1.82, 2.24) is 20.1 Å². The lowest BCUT2D eigenvalue weighted by atomic mass is 10.2. The highest BCUT2D eigenvalue weighted by Gasteiger charge is 2.14. The molecule has 5 nitrogen and oxygen atoms in total. The Morgan fingerprint density at radius 3 is 3.11 bits per heavy atom. The van der Waals surface area contributed by atoms with Gasteiger partial charge in [-0.3, -0.25) is 0 Å². The van der Waals surface area contributed by atoms with Crippen molar-refractivity contribution >= 4 is 11.8 Å². The van der Waals surface area contributed by atoms with Crippen LogP contribution in [0.5, 0.6) is 0 Å². The number of nitrogens with zero attached hydrogens (tertiary/aromatic N) is 3. The molecule has 0 atom stereocenters. The van der Waals surface area contributed by atoms with E-state index in [1.807, 2.05) is 11.8 Å². The van der Waals surface area contributed by atoms with E-state index in [1.165, 1.54) is 12.8 Å². The number of aromatic nitrogens is 3. The smallest absolute Gasteiger partial charge is 0.147 e. The fraction of sp³-hybridized carbons (Fsp3) is 0.833. The van der Waals surface area contributed by atoms with Gasteiger partial charge in [0.2, 0.25) is 0 Å². The molecule has 1 aromatic rings. The molecule has 2 heterocycles. The molecule has 1 aliphatic heterocycles. The van der Waals surface area contributed by atoms with E-state index in [0.717, 1.165) is 55.6 Å². The van der Waals surface area contributed by atoms with E-state index in [-0.39, 0.29) is 0 Å². The molecule has 0 bridgehead atoms. The minimum atomic E-state index is 0.298. The zero-order valence-electron chi connectivity index (χ0n) is 10.8. The van der Waals surface area contributed by atoms with Crippen LogP contribution >= 0.6 is 11.8 Å². The summed E-state index contributed by atoms with van der Waals surface area (Å²) in [5.74, 6) is 4.35. The molecule has 0 aliphatic carbocycles. The van der Waals surface area contributed by atoms with Crippen LogP contribution in [0.15, 0.2) is 0 Å². The number of fused-ring (bicyclic) bond motifs is 1. The van der Waals surface area contributed by atoms with E-state index in [1.54, 1.807) is 0 Å². The molecule has 6 heteroatoms. The fourth-order valence-corrected chi connectivity index (χ4v) is 2.94. The van der Waals surface area contributed by atoms with Gasteiger partial charge in [-0.2, -0.15) is 11.8 Å². The lowest BCUT2D eigenvalue weighted by Gasteiger charge is -2.14. The van der Waals surface area contributed by atoms with Gasteiger partial charge in [0.1, 0.15) is 11.6 Å². The molecule has 0 amide bonds. The third kappa shape index (κ3) is 3.96. The predicted octanol–water partition coefficient (Wildman–Crippen LogP) is 0.820. The van der Waals surface area contributed by atoms with Gasteiger partial charge >= 0.3 is 0 Å². The van der Waals surface area contributed by atoms with E-state index in [4.69, 9.17) is 5.11 Å². The molecule has 0 saturated heterocycles. The van der Waals surface area contributed by atoms with Gasteiger partial charge in [-0.15, -0.1) is 10.2 Å². The van der Waals surface area contributed by atoms with E-state index >= 15 is 0 Å². The summed E-state index contributed by atoms with van der Waals surface area (Å²) in [4.78, 5) is 0. The standard InChI is InChI=1S/C12H22N4OS/c17-7-3-8-18-9-5-13-10-12-15-14-11-4-1-2-6-16(11)12/h13,17H,1-10H2. The monoisotopic (exact) mass is 270 g/mol. The van der Waals surface area contributed by atoms with Crippen molar-refractivity contribution in [1.29, 1.82) is 0 Å². The van der Waals surface area contributed by atoms with E-state index in [0.29, 0.717) is 6.61 Å². The highest BCUT2D eigenvalue weighted by molar-refractivity contribution is 7.99. The molecule has 18 heavy (non-hydrogen) atoms. The lowest BCUT2D eigenvalue weighted by Crippen LogP contribution is -2.21.